The molecule has 0 aliphatic heterocycles. The predicted octanol–water partition coefficient (Wildman–Crippen LogP) is 1.18. The molecule has 1 aliphatic carbocycles. The fraction of sp³-hybridized carbons (Fsp3) is 0.750. The molecule has 0 saturated heterocycles. The van der Waals surface area contributed by atoms with Gasteiger partial charge in [0.2, 0.25) is 5.91 Å². The Labute approximate surface area is 91.8 Å². The summed E-state index contributed by atoms with van der Waals surface area (Å²) in [6.45, 7) is 0. The first-order chi connectivity index (χ1) is 7.24. The summed E-state index contributed by atoms with van der Waals surface area (Å²) in [6, 6.07) is 0.264. The van der Waals surface area contributed by atoms with Crippen LogP contribution in [-0.2, 0) is 4.79 Å². The minimum Gasteiger partial charge on any atom is -0.352 e. The lowest BCUT2D eigenvalue weighted by atomic mass is 10.0. The van der Waals surface area contributed by atoms with Gasteiger partial charge < -0.3 is 11.1 Å². The van der Waals surface area contributed by atoms with Crippen molar-refractivity contribution in [3.63, 3.8) is 0 Å². The highest BCUT2D eigenvalue weighted by Gasteiger charge is 2.21. The van der Waals surface area contributed by atoms with E-state index in [1.807, 2.05) is 0 Å². The number of rotatable bonds is 3. The number of amides is 1. The monoisotopic (exact) mass is 208 g/mol. The average Bonchev–Trinajstić information content (AvgIpc) is 2.42. The molecule has 0 aromatic rings. The lowest BCUT2D eigenvalue weighted by molar-refractivity contribution is -0.121. The Bertz CT molecular complexity index is 244. The summed E-state index contributed by atoms with van der Waals surface area (Å²) in [5.74, 6) is 2.50. The molecule has 1 rings (SSSR count). The van der Waals surface area contributed by atoms with Crippen LogP contribution < -0.4 is 11.1 Å². The Hall–Kier alpha value is -1.01. The van der Waals surface area contributed by atoms with Crippen LogP contribution in [-0.4, -0.2) is 18.0 Å². The predicted molar refractivity (Wildman–Crippen MR) is 61.1 cm³/mol. The molecule has 0 aromatic carbocycles. The van der Waals surface area contributed by atoms with Crippen molar-refractivity contribution in [3.05, 3.63) is 0 Å². The van der Waals surface area contributed by atoms with E-state index in [1.165, 1.54) is 12.8 Å². The number of hydrogen-bond donors (Lipinski definition) is 2. The molecule has 84 valence electrons. The molecule has 1 amide bonds. The van der Waals surface area contributed by atoms with Crippen molar-refractivity contribution in [2.75, 3.05) is 0 Å². The summed E-state index contributed by atoms with van der Waals surface area (Å²) in [7, 11) is 0. The van der Waals surface area contributed by atoms with Crippen molar-refractivity contribution in [3.8, 4) is 12.3 Å². The van der Waals surface area contributed by atoms with Gasteiger partial charge >= 0.3 is 0 Å². The van der Waals surface area contributed by atoms with E-state index in [2.05, 4.69) is 11.2 Å². The van der Waals surface area contributed by atoms with Gasteiger partial charge in [-0.15, -0.1) is 12.3 Å². The zero-order valence-electron chi connectivity index (χ0n) is 9.17. The second-order valence-electron chi connectivity index (χ2n) is 4.18. The van der Waals surface area contributed by atoms with Crippen LogP contribution in [0.25, 0.3) is 0 Å². The lowest BCUT2D eigenvalue weighted by Crippen LogP contribution is -2.46. The highest BCUT2D eigenvalue weighted by Crippen LogP contribution is 2.16. The maximum atomic E-state index is 11.5. The Morgan fingerprint density at radius 3 is 2.87 bits per heavy atom. The van der Waals surface area contributed by atoms with E-state index in [9.17, 15) is 4.79 Å². The van der Waals surface area contributed by atoms with Gasteiger partial charge in [0.05, 0.1) is 0 Å². The Morgan fingerprint density at radius 1 is 1.40 bits per heavy atom. The molecule has 3 N–H and O–H groups in total. The number of carbonyl (C=O) groups excluding carboxylic acids is 1. The van der Waals surface area contributed by atoms with Gasteiger partial charge in [0.15, 0.2) is 0 Å². The second-order valence-corrected chi connectivity index (χ2v) is 4.18. The second kappa shape index (κ2) is 6.47. The van der Waals surface area contributed by atoms with E-state index in [1.54, 1.807) is 0 Å². The normalized spacial score (nSPS) is 26.4. The molecule has 0 aromatic heterocycles. The lowest BCUT2D eigenvalue weighted by Gasteiger charge is -2.22. The van der Waals surface area contributed by atoms with Crippen molar-refractivity contribution in [2.45, 2.75) is 57.0 Å². The van der Waals surface area contributed by atoms with Crippen LogP contribution in [0.2, 0.25) is 0 Å². The van der Waals surface area contributed by atoms with Crippen molar-refractivity contribution in [1.82, 2.24) is 5.32 Å². The van der Waals surface area contributed by atoms with E-state index >= 15 is 0 Å². The average molecular weight is 208 g/mol. The first kappa shape index (κ1) is 12.1. The largest absolute Gasteiger partial charge is 0.352 e. The minimum atomic E-state index is 0.0373. The molecule has 1 fully saturated rings. The Balaban J connectivity index is 2.34. The van der Waals surface area contributed by atoms with Crippen LogP contribution in [0, 0.1) is 12.3 Å². The third kappa shape index (κ3) is 4.35. The van der Waals surface area contributed by atoms with Crippen molar-refractivity contribution < 1.29 is 4.79 Å². The van der Waals surface area contributed by atoms with Gasteiger partial charge in [-0.1, -0.05) is 19.3 Å². The molecule has 1 saturated carbocycles. The Kier molecular flexibility index (Phi) is 5.20. The maximum Gasteiger partial charge on any atom is 0.221 e. The van der Waals surface area contributed by atoms with Crippen molar-refractivity contribution in [1.29, 1.82) is 0 Å². The molecule has 0 bridgehead atoms. The highest BCUT2D eigenvalue weighted by molar-refractivity contribution is 5.76. The molecule has 0 radical (unpaired) electrons. The van der Waals surface area contributed by atoms with Gasteiger partial charge in [0, 0.05) is 24.9 Å². The molecule has 1 aliphatic rings. The molecule has 2 unspecified atom stereocenters. The molecule has 0 heterocycles. The molecule has 3 heteroatoms. The van der Waals surface area contributed by atoms with E-state index < -0.39 is 0 Å². The van der Waals surface area contributed by atoms with Gasteiger partial charge in [0.25, 0.3) is 0 Å². The van der Waals surface area contributed by atoms with E-state index in [4.69, 9.17) is 12.2 Å². The van der Waals surface area contributed by atoms with Crippen LogP contribution in [0.5, 0.6) is 0 Å². The van der Waals surface area contributed by atoms with Gasteiger partial charge in [-0.05, 0) is 12.8 Å². The highest BCUT2D eigenvalue weighted by atomic mass is 16.1. The number of terminal acetylenes is 1. The molecule has 0 spiro atoms. The molecule has 15 heavy (non-hydrogen) atoms. The summed E-state index contributed by atoms with van der Waals surface area (Å²) >= 11 is 0. The fourth-order valence-electron chi connectivity index (χ4n) is 1.98. The fourth-order valence-corrected chi connectivity index (χ4v) is 1.98. The molecular weight excluding hydrogens is 188 g/mol. The van der Waals surface area contributed by atoms with Crippen LogP contribution >= 0.6 is 0 Å². The third-order valence-corrected chi connectivity index (χ3v) is 2.91. The molecule has 3 nitrogen and oxygen atoms in total. The van der Waals surface area contributed by atoms with E-state index in [-0.39, 0.29) is 18.0 Å². The van der Waals surface area contributed by atoms with E-state index in [0.29, 0.717) is 12.8 Å². The third-order valence-electron chi connectivity index (χ3n) is 2.91. The van der Waals surface area contributed by atoms with Gasteiger partial charge in [-0.3, -0.25) is 4.79 Å². The van der Waals surface area contributed by atoms with E-state index in [0.717, 1.165) is 19.3 Å². The molecule has 2 atom stereocenters. The maximum absolute atomic E-state index is 11.5. The SMILES string of the molecule is C#CCCC(=O)NC1CCCCCC1N. The summed E-state index contributed by atoms with van der Waals surface area (Å²) in [5, 5.41) is 2.98. The van der Waals surface area contributed by atoms with Gasteiger partial charge in [-0.25, -0.2) is 0 Å². The topological polar surface area (TPSA) is 55.1 Å². The standard InChI is InChI=1S/C12H20N2O/c1-2-3-9-12(15)14-11-8-6-4-5-7-10(11)13/h1,10-11H,3-9,13H2,(H,14,15). The summed E-state index contributed by atoms with van der Waals surface area (Å²) in [4.78, 5) is 11.5. The summed E-state index contributed by atoms with van der Waals surface area (Å²) < 4.78 is 0. The number of nitrogens with one attached hydrogen (secondary N) is 1. The van der Waals surface area contributed by atoms with Crippen LogP contribution in [0.1, 0.15) is 44.9 Å². The van der Waals surface area contributed by atoms with Crippen molar-refractivity contribution >= 4 is 5.91 Å². The summed E-state index contributed by atoms with van der Waals surface area (Å²) in [6.07, 6.45) is 11.6. The number of nitrogens with two attached hydrogens (primary N) is 1. The Morgan fingerprint density at radius 2 is 2.13 bits per heavy atom. The smallest absolute Gasteiger partial charge is 0.221 e. The van der Waals surface area contributed by atoms with Crippen LogP contribution in [0.3, 0.4) is 0 Å². The first-order valence-electron chi connectivity index (χ1n) is 5.72. The summed E-state index contributed by atoms with van der Waals surface area (Å²) in [5.41, 5.74) is 6.00. The number of hydrogen-bond acceptors (Lipinski definition) is 2. The van der Waals surface area contributed by atoms with Crippen LogP contribution in [0.15, 0.2) is 0 Å². The minimum absolute atomic E-state index is 0.0373. The van der Waals surface area contributed by atoms with Gasteiger partial charge in [0.1, 0.15) is 0 Å². The van der Waals surface area contributed by atoms with Gasteiger partial charge in [-0.2, -0.15) is 0 Å². The zero-order valence-corrected chi connectivity index (χ0v) is 9.17. The number of carbonyl (C=O) groups is 1. The van der Waals surface area contributed by atoms with Crippen molar-refractivity contribution in [2.24, 2.45) is 5.73 Å². The quantitative estimate of drug-likeness (QED) is 0.540. The zero-order chi connectivity index (χ0) is 11.1. The first-order valence-corrected chi connectivity index (χ1v) is 5.72. The van der Waals surface area contributed by atoms with Crippen LogP contribution in [0.4, 0.5) is 0 Å². The molecular formula is C12H20N2O.